The van der Waals surface area contributed by atoms with E-state index in [0.29, 0.717) is 12.7 Å². The first kappa shape index (κ1) is 45.8. The Morgan fingerprint density at radius 3 is 2.31 bits per heavy atom. The zero-order valence-electron chi connectivity index (χ0n) is 33.4. The Labute approximate surface area is 319 Å². The fourth-order valence-electron chi connectivity index (χ4n) is 7.41. The molecule has 0 saturated carbocycles. The van der Waals surface area contributed by atoms with Gasteiger partial charge in [-0.15, -0.1) is 0 Å². The third kappa shape index (κ3) is 12.2. The van der Waals surface area contributed by atoms with Crippen LogP contribution in [-0.4, -0.2) is 145 Å². The summed E-state index contributed by atoms with van der Waals surface area (Å²) >= 11 is 0. The first-order valence-electron chi connectivity index (χ1n) is 18.9. The molecular formula is C39H63NO14. The molecule has 15 nitrogen and oxygen atoms in total. The first-order valence-corrected chi connectivity index (χ1v) is 18.9. The number of methoxy groups -OCH3 is 1. The van der Waals surface area contributed by atoms with E-state index in [-0.39, 0.29) is 25.0 Å². The van der Waals surface area contributed by atoms with Gasteiger partial charge in [0.1, 0.15) is 36.3 Å². The Morgan fingerprint density at radius 1 is 1.04 bits per heavy atom. The molecule has 2 fully saturated rings. The second kappa shape index (κ2) is 20.5. The van der Waals surface area contributed by atoms with Crippen molar-refractivity contribution in [2.24, 2.45) is 17.8 Å². The number of carbonyl (C=O) groups is 4. The minimum absolute atomic E-state index is 0.0424. The van der Waals surface area contributed by atoms with Crippen molar-refractivity contribution in [3.63, 3.8) is 0 Å². The lowest BCUT2D eigenvalue weighted by Crippen LogP contribution is -2.66. The van der Waals surface area contributed by atoms with Crippen molar-refractivity contribution in [2.45, 2.75) is 160 Å². The number of carbonyl (C=O) groups excluding carboxylic acids is 4. The van der Waals surface area contributed by atoms with Gasteiger partial charge in [0.2, 0.25) is 0 Å². The Balaban J connectivity index is 1.92. The highest BCUT2D eigenvalue weighted by molar-refractivity contribution is 5.91. The predicted molar refractivity (Wildman–Crippen MR) is 195 cm³/mol. The van der Waals surface area contributed by atoms with Crippen molar-refractivity contribution in [3.05, 3.63) is 24.3 Å². The molecule has 2 saturated heterocycles. The minimum atomic E-state index is -1.49. The Hall–Kier alpha value is -2.60. The SMILES string of the molecule is COC1[C@H](O)CC(=O)O[C@H](C)C/C=C/C=C/C(=O)[C@H](C)C[C@H](CC=O)[C@@H]1O[C@@H]1O[C@H](C)[C@@H](O[C@H]2C[C@@](C)(O)[C@@H](OC(=O)C(C)C)[C@H](C)O2)[C@H](N(C)C)[C@H]1O. The molecule has 3 aliphatic rings. The van der Waals surface area contributed by atoms with Crippen LogP contribution in [-0.2, 0) is 52.3 Å². The second-order valence-electron chi connectivity index (χ2n) is 15.7. The van der Waals surface area contributed by atoms with Crippen LogP contribution in [0.2, 0.25) is 0 Å². The fraction of sp³-hybridized carbons (Fsp3) is 0.795. The summed E-state index contributed by atoms with van der Waals surface area (Å²) < 4.78 is 42.1. The smallest absolute Gasteiger partial charge is 0.308 e. The first-order chi connectivity index (χ1) is 25.3. The molecule has 0 aromatic carbocycles. The maximum absolute atomic E-state index is 13.1. The molecule has 54 heavy (non-hydrogen) atoms. The van der Waals surface area contributed by atoms with Gasteiger partial charge in [-0.2, -0.15) is 0 Å². The van der Waals surface area contributed by atoms with Gasteiger partial charge < -0.3 is 58.2 Å². The number of esters is 2. The molecule has 3 N–H and O–H groups in total. The summed E-state index contributed by atoms with van der Waals surface area (Å²) in [6, 6.07) is -0.768. The maximum atomic E-state index is 13.1. The summed E-state index contributed by atoms with van der Waals surface area (Å²) in [5, 5.41) is 34.7. The molecule has 0 aliphatic carbocycles. The van der Waals surface area contributed by atoms with E-state index in [9.17, 15) is 34.5 Å². The number of nitrogens with zero attached hydrogens (tertiary/aromatic N) is 1. The molecule has 1 unspecified atom stereocenters. The molecule has 0 aromatic heterocycles. The van der Waals surface area contributed by atoms with Crippen LogP contribution in [0.15, 0.2) is 24.3 Å². The van der Waals surface area contributed by atoms with Gasteiger partial charge in [0.05, 0.1) is 42.8 Å². The summed E-state index contributed by atoms with van der Waals surface area (Å²) in [6.45, 7) is 11.8. The van der Waals surface area contributed by atoms with Gasteiger partial charge in [-0.25, -0.2) is 0 Å². The number of ether oxygens (including phenoxy) is 7. The number of ketones is 1. The van der Waals surface area contributed by atoms with Crippen LogP contribution in [0.1, 0.15) is 80.6 Å². The van der Waals surface area contributed by atoms with Crippen molar-refractivity contribution >= 4 is 24.0 Å². The van der Waals surface area contributed by atoms with Crippen molar-refractivity contribution < 1.29 is 67.7 Å². The molecule has 15 heteroatoms. The molecule has 0 aromatic rings. The second-order valence-corrected chi connectivity index (χ2v) is 15.7. The molecule has 3 aliphatic heterocycles. The van der Waals surface area contributed by atoms with Crippen molar-refractivity contribution in [3.8, 4) is 0 Å². The van der Waals surface area contributed by atoms with Crippen molar-refractivity contribution in [1.82, 2.24) is 4.90 Å². The Morgan fingerprint density at radius 2 is 1.72 bits per heavy atom. The number of aldehydes is 1. The van der Waals surface area contributed by atoms with E-state index >= 15 is 0 Å². The molecule has 0 spiro atoms. The van der Waals surface area contributed by atoms with Crippen LogP contribution < -0.4 is 0 Å². The highest BCUT2D eigenvalue weighted by Crippen LogP contribution is 2.37. The van der Waals surface area contributed by atoms with E-state index in [2.05, 4.69) is 0 Å². The number of rotatable bonds is 10. The highest BCUT2D eigenvalue weighted by atomic mass is 16.7. The van der Waals surface area contributed by atoms with Crippen LogP contribution in [0.3, 0.4) is 0 Å². The molecule has 0 radical (unpaired) electrons. The third-order valence-electron chi connectivity index (χ3n) is 10.3. The van der Waals surface area contributed by atoms with Crippen LogP contribution in [0.4, 0.5) is 0 Å². The van der Waals surface area contributed by atoms with E-state index in [4.69, 9.17) is 33.2 Å². The Kier molecular flexibility index (Phi) is 17.4. The number of hydrogen-bond donors (Lipinski definition) is 3. The highest BCUT2D eigenvalue weighted by Gasteiger charge is 2.52. The van der Waals surface area contributed by atoms with E-state index in [0.717, 1.165) is 0 Å². The van der Waals surface area contributed by atoms with Gasteiger partial charge in [-0.3, -0.25) is 14.4 Å². The minimum Gasteiger partial charge on any atom is -0.462 e. The number of aliphatic hydroxyl groups excluding tert-OH is 2. The quantitative estimate of drug-likeness (QED) is 0.216. The molecule has 0 amide bonds. The summed E-state index contributed by atoms with van der Waals surface area (Å²) in [4.78, 5) is 52.2. The van der Waals surface area contributed by atoms with Gasteiger partial charge in [0.15, 0.2) is 24.5 Å². The zero-order chi connectivity index (χ0) is 40.5. The van der Waals surface area contributed by atoms with Gasteiger partial charge in [-0.05, 0) is 60.2 Å². The summed E-state index contributed by atoms with van der Waals surface area (Å²) in [5.41, 5.74) is -1.49. The topological polar surface area (TPSA) is 197 Å². The summed E-state index contributed by atoms with van der Waals surface area (Å²) in [7, 11) is 4.82. The Bertz CT molecular complexity index is 1300. The van der Waals surface area contributed by atoms with E-state index in [1.54, 1.807) is 85.7 Å². The van der Waals surface area contributed by atoms with Gasteiger partial charge in [-0.1, -0.05) is 39.0 Å². The third-order valence-corrected chi connectivity index (χ3v) is 10.3. The lowest BCUT2D eigenvalue weighted by molar-refractivity contribution is -0.344. The average molecular weight is 770 g/mol. The normalized spacial score (nSPS) is 41.6. The van der Waals surface area contributed by atoms with Gasteiger partial charge in [0, 0.05) is 32.3 Å². The van der Waals surface area contributed by atoms with E-state index in [1.807, 2.05) is 0 Å². The number of aliphatic hydroxyl groups is 3. The summed E-state index contributed by atoms with van der Waals surface area (Å²) in [6.07, 6.45) is -4.08. The van der Waals surface area contributed by atoms with Crippen molar-refractivity contribution in [1.29, 1.82) is 0 Å². The van der Waals surface area contributed by atoms with Crippen LogP contribution >= 0.6 is 0 Å². The predicted octanol–water partition coefficient (Wildman–Crippen LogP) is 2.26. The maximum Gasteiger partial charge on any atom is 0.308 e. The lowest BCUT2D eigenvalue weighted by atomic mass is 9.83. The largest absolute Gasteiger partial charge is 0.462 e. The number of cyclic esters (lactones) is 1. The summed E-state index contributed by atoms with van der Waals surface area (Å²) in [5.74, 6) is -3.00. The lowest BCUT2D eigenvalue weighted by Gasteiger charge is -2.50. The van der Waals surface area contributed by atoms with Gasteiger partial charge >= 0.3 is 11.9 Å². The zero-order valence-corrected chi connectivity index (χ0v) is 33.4. The molecule has 308 valence electrons. The number of hydrogen-bond acceptors (Lipinski definition) is 15. The molecular weight excluding hydrogens is 706 g/mol. The molecule has 3 rings (SSSR count). The standard InChI is InChI=1S/C39H63NO14/c1-21(2)37(46)54-36-25(6)50-30(20-39(36,7)47)52-33-24(5)51-38(32(45)31(33)40(8)9)53-34-26(16-17-41)18-22(3)27(42)15-13-11-12-14-23(4)49-29(44)19-28(43)35(34)48-10/h11-13,15,17,21-26,28,30-36,38,43,45,47H,14,16,18-20H2,1-10H3/b12-11+,15-13+/t22-,23-,24-,25+,26+,28-,30+,31-,32-,33-,34+,35?,36+,38+,39-/m1/s1. The van der Waals surface area contributed by atoms with Gasteiger partial charge in [0.25, 0.3) is 0 Å². The molecule has 15 atom stereocenters. The van der Waals surface area contributed by atoms with Crippen LogP contribution in [0.25, 0.3) is 0 Å². The van der Waals surface area contributed by atoms with E-state index in [1.165, 1.54) is 13.2 Å². The fourth-order valence-corrected chi connectivity index (χ4v) is 7.41. The molecule has 3 heterocycles. The van der Waals surface area contributed by atoms with E-state index < -0.39 is 115 Å². The average Bonchev–Trinajstić information content (AvgIpc) is 3.06. The van der Waals surface area contributed by atoms with Crippen LogP contribution in [0.5, 0.6) is 0 Å². The van der Waals surface area contributed by atoms with Crippen LogP contribution in [0, 0.1) is 17.8 Å². The number of likely N-dealkylation sites (N-methyl/N-ethyl adjacent to an activating group) is 1. The number of allylic oxidation sites excluding steroid dienone is 3. The monoisotopic (exact) mass is 769 g/mol. The van der Waals surface area contributed by atoms with Crippen molar-refractivity contribution in [2.75, 3.05) is 21.2 Å². The molecule has 0 bridgehead atoms.